The number of nitrogens with zero attached hydrogens (tertiary/aromatic N) is 3. The van der Waals surface area contributed by atoms with Gasteiger partial charge in [0, 0.05) is 50.6 Å². The van der Waals surface area contributed by atoms with E-state index < -0.39 is 0 Å². The molecule has 0 bridgehead atoms. The van der Waals surface area contributed by atoms with Gasteiger partial charge in [-0.15, -0.1) is 0 Å². The van der Waals surface area contributed by atoms with Crippen molar-refractivity contribution in [1.82, 2.24) is 0 Å². The van der Waals surface area contributed by atoms with E-state index in [0.29, 0.717) is 0 Å². The molecule has 0 aliphatic carbocycles. The van der Waals surface area contributed by atoms with E-state index in [1.807, 2.05) is 0 Å². The van der Waals surface area contributed by atoms with Crippen molar-refractivity contribution in [3.05, 3.63) is 297 Å². The van der Waals surface area contributed by atoms with Gasteiger partial charge >= 0.3 is 0 Å². The van der Waals surface area contributed by atoms with Gasteiger partial charge in [0.05, 0.1) is 11.4 Å². The number of anilines is 9. The summed E-state index contributed by atoms with van der Waals surface area (Å²) < 4.78 is 0. The third kappa shape index (κ3) is 8.19. The Labute approximate surface area is 426 Å². The maximum absolute atomic E-state index is 2.38. The summed E-state index contributed by atoms with van der Waals surface area (Å²) in [6.45, 7) is 0. The first-order valence-corrected chi connectivity index (χ1v) is 25.0. The molecule has 3 nitrogen and oxygen atoms in total. The van der Waals surface area contributed by atoms with Crippen molar-refractivity contribution in [3.8, 4) is 22.3 Å². The predicted molar refractivity (Wildman–Crippen MR) is 311 cm³/mol. The standard InChI is InChI=1S/C70H49N3/c1-4-20-56(21-5-1)71(59-40-32-50(33-41-59)52-36-44-61(45-37-52)72(57-22-6-2-7-23-57)69-48-54-18-10-12-26-63(54)65-28-14-16-30-67(65)69)60-42-34-51(35-43-60)53-38-46-62(47-39-53)73(58-24-8-3-9-25-58)70-49-55-19-11-13-27-64(55)66-29-15-17-31-68(66)70/h1-49H. The van der Waals surface area contributed by atoms with Gasteiger partial charge in [-0.05, 0) is 152 Å². The summed E-state index contributed by atoms with van der Waals surface area (Å²) in [6, 6.07) is 107. The molecule has 0 aliphatic rings. The highest BCUT2D eigenvalue weighted by atomic mass is 15.2. The van der Waals surface area contributed by atoms with Gasteiger partial charge in [-0.3, -0.25) is 0 Å². The molecule has 0 aromatic heterocycles. The summed E-state index contributed by atoms with van der Waals surface area (Å²) in [5.74, 6) is 0. The molecule has 13 rings (SSSR count). The lowest BCUT2D eigenvalue weighted by Gasteiger charge is -2.28. The van der Waals surface area contributed by atoms with Crippen molar-refractivity contribution in [2.45, 2.75) is 0 Å². The van der Waals surface area contributed by atoms with Crippen LogP contribution in [-0.2, 0) is 0 Å². The molecule has 0 aliphatic heterocycles. The van der Waals surface area contributed by atoms with Gasteiger partial charge in [0.2, 0.25) is 0 Å². The molecule has 0 fully saturated rings. The third-order valence-corrected chi connectivity index (χ3v) is 14.2. The van der Waals surface area contributed by atoms with Crippen molar-refractivity contribution < 1.29 is 0 Å². The quantitative estimate of drug-likeness (QED) is 0.120. The van der Waals surface area contributed by atoms with E-state index in [2.05, 4.69) is 312 Å². The minimum atomic E-state index is 1.09. The SMILES string of the molecule is c1ccc(N(c2ccc(-c3ccc(N(c4ccccc4)c4cc5ccccc5c5ccccc45)cc3)cc2)c2ccc(-c3ccc(N(c4ccccc4)c4cc5ccccc5c5ccccc45)cc3)cc2)cc1. The summed E-state index contributed by atoms with van der Waals surface area (Å²) >= 11 is 0. The lowest BCUT2D eigenvalue weighted by atomic mass is 9.98. The number of para-hydroxylation sites is 3. The Balaban J connectivity index is 0.796. The first kappa shape index (κ1) is 43.3. The number of hydrogen-bond donors (Lipinski definition) is 0. The summed E-state index contributed by atoms with van der Waals surface area (Å²) in [7, 11) is 0. The van der Waals surface area contributed by atoms with Gasteiger partial charge in [0.25, 0.3) is 0 Å². The van der Waals surface area contributed by atoms with Crippen molar-refractivity contribution in [1.29, 1.82) is 0 Å². The monoisotopic (exact) mass is 931 g/mol. The molecule has 73 heavy (non-hydrogen) atoms. The summed E-state index contributed by atoms with van der Waals surface area (Å²) in [5.41, 5.74) is 14.6. The third-order valence-electron chi connectivity index (χ3n) is 14.2. The van der Waals surface area contributed by atoms with Crippen LogP contribution in [0.3, 0.4) is 0 Å². The van der Waals surface area contributed by atoms with Crippen LogP contribution in [0, 0.1) is 0 Å². The second-order valence-corrected chi connectivity index (χ2v) is 18.5. The highest BCUT2D eigenvalue weighted by molar-refractivity contribution is 6.16. The zero-order valence-electron chi connectivity index (χ0n) is 40.1. The zero-order chi connectivity index (χ0) is 48.5. The van der Waals surface area contributed by atoms with Crippen LogP contribution in [0.1, 0.15) is 0 Å². The van der Waals surface area contributed by atoms with Gasteiger partial charge in [0.15, 0.2) is 0 Å². The molecule has 0 spiro atoms. The summed E-state index contributed by atoms with van der Waals surface area (Å²) in [4.78, 5) is 7.10. The Hall–Kier alpha value is -9.70. The second-order valence-electron chi connectivity index (χ2n) is 18.5. The molecule has 0 heterocycles. The maximum atomic E-state index is 2.38. The van der Waals surface area contributed by atoms with Crippen LogP contribution in [0.5, 0.6) is 0 Å². The Morgan fingerprint density at radius 3 is 0.726 bits per heavy atom. The van der Waals surface area contributed by atoms with Gasteiger partial charge in [-0.25, -0.2) is 0 Å². The van der Waals surface area contributed by atoms with Crippen LogP contribution in [0.4, 0.5) is 51.2 Å². The van der Waals surface area contributed by atoms with E-state index in [4.69, 9.17) is 0 Å². The Kier molecular flexibility index (Phi) is 11.2. The lowest BCUT2D eigenvalue weighted by Crippen LogP contribution is -2.10. The van der Waals surface area contributed by atoms with Gasteiger partial charge in [-0.2, -0.15) is 0 Å². The van der Waals surface area contributed by atoms with E-state index in [9.17, 15) is 0 Å². The molecule has 0 saturated heterocycles. The first-order valence-electron chi connectivity index (χ1n) is 25.0. The Morgan fingerprint density at radius 2 is 0.397 bits per heavy atom. The number of rotatable bonds is 11. The number of fused-ring (bicyclic) bond motifs is 6. The fourth-order valence-corrected chi connectivity index (χ4v) is 10.7. The second kappa shape index (κ2) is 18.9. The van der Waals surface area contributed by atoms with E-state index in [-0.39, 0.29) is 0 Å². The van der Waals surface area contributed by atoms with Gasteiger partial charge < -0.3 is 14.7 Å². The molecule has 13 aromatic carbocycles. The van der Waals surface area contributed by atoms with Crippen molar-refractivity contribution in [2.24, 2.45) is 0 Å². The number of benzene rings is 13. The fraction of sp³-hybridized carbons (Fsp3) is 0. The highest BCUT2D eigenvalue weighted by Crippen LogP contribution is 2.45. The summed E-state index contributed by atoms with van der Waals surface area (Å²) in [6.07, 6.45) is 0. The zero-order valence-corrected chi connectivity index (χ0v) is 40.1. The Morgan fingerprint density at radius 1 is 0.164 bits per heavy atom. The average molecular weight is 932 g/mol. The number of hydrogen-bond acceptors (Lipinski definition) is 3. The molecule has 0 atom stereocenters. The minimum Gasteiger partial charge on any atom is -0.311 e. The molecule has 13 aromatic rings. The van der Waals surface area contributed by atoms with E-state index >= 15 is 0 Å². The van der Waals surface area contributed by atoms with Crippen molar-refractivity contribution in [2.75, 3.05) is 14.7 Å². The van der Waals surface area contributed by atoms with Crippen LogP contribution < -0.4 is 14.7 Å². The molecule has 3 heteroatoms. The van der Waals surface area contributed by atoms with Gasteiger partial charge in [-0.1, -0.05) is 200 Å². The molecule has 0 saturated carbocycles. The normalized spacial score (nSPS) is 11.3. The first-order chi connectivity index (χ1) is 36.2. The van der Waals surface area contributed by atoms with E-state index in [1.54, 1.807) is 0 Å². The molecule has 0 N–H and O–H groups in total. The maximum Gasteiger partial charge on any atom is 0.0546 e. The van der Waals surface area contributed by atoms with Crippen LogP contribution in [0.15, 0.2) is 297 Å². The highest BCUT2D eigenvalue weighted by Gasteiger charge is 2.20. The van der Waals surface area contributed by atoms with E-state index in [0.717, 1.165) is 73.4 Å². The van der Waals surface area contributed by atoms with Crippen LogP contribution in [0.25, 0.3) is 65.3 Å². The fourth-order valence-electron chi connectivity index (χ4n) is 10.7. The van der Waals surface area contributed by atoms with Crippen LogP contribution in [-0.4, -0.2) is 0 Å². The predicted octanol–water partition coefficient (Wildman–Crippen LogP) is 20.0. The largest absolute Gasteiger partial charge is 0.311 e. The molecule has 0 amide bonds. The van der Waals surface area contributed by atoms with Crippen molar-refractivity contribution in [3.63, 3.8) is 0 Å². The molecule has 344 valence electrons. The van der Waals surface area contributed by atoms with Crippen molar-refractivity contribution >= 4 is 94.3 Å². The van der Waals surface area contributed by atoms with Gasteiger partial charge in [0.1, 0.15) is 0 Å². The minimum absolute atomic E-state index is 1.09. The molecule has 0 unspecified atom stereocenters. The molecule has 0 radical (unpaired) electrons. The smallest absolute Gasteiger partial charge is 0.0546 e. The topological polar surface area (TPSA) is 9.72 Å². The average Bonchev–Trinajstić information content (AvgIpc) is 3.47. The van der Waals surface area contributed by atoms with Crippen LogP contribution >= 0.6 is 0 Å². The Bertz CT molecular complexity index is 3790. The summed E-state index contributed by atoms with van der Waals surface area (Å²) in [5, 5.41) is 9.89. The molecular formula is C70H49N3. The molecular weight excluding hydrogens is 883 g/mol. The van der Waals surface area contributed by atoms with Crippen LogP contribution in [0.2, 0.25) is 0 Å². The lowest BCUT2D eigenvalue weighted by molar-refractivity contribution is 1.28. The van der Waals surface area contributed by atoms with E-state index in [1.165, 1.54) is 43.1 Å².